The van der Waals surface area contributed by atoms with E-state index in [9.17, 15) is 0 Å². The molecule has 0 aromatic rings. The molecule has 0 radical (unpaired) electrons. The molecule has 0 spiro atoms. The maximum Gasteiger partial charge on any atom is 0.0745 e. The van der Waals surface area contributed by atoms with Crippen molar-refractivity contribution < 1.29 is 9.84 Å². The Bertz CT molecular complexity index is 135. The van der Waals surface area contributed by atoms with Crippen molar-refractivity contribution >= 4 is 0 Å². The Morgan fingerprint density at radius 1 is 1.23 bits per heavy atom. The van der Waals surface area contributed by atoms with Crippen LogP contribution in [0.2, 0.25) is 0 Å². The van der Waals surface area contributed by atoms with E-state index in [1.54, 1.807) is 6.92 Å². The molecule has 13 heavy (non-hydrogen) atoms. The summed E-state index contributed by atoms with van der Waals surface area (Å²) < 4.78 is 5.64. The lowest BCUT2D eigenvalue weighted by molar-refractivity contribution is -0.0356. The van der Waals surface area contributed by atoms with Crippen LogP contribution < -0.4 is 0 Å². The predicted molar refractivity (Wildman–Crippen MR) is 53.6 cm³/mol. The lowest BCUT2D eigenvalue weighted by atomic mass is 9.82. The van der Waals surface area contributed by atoms with E-state index in [1.165, 1.54) is 6.42 Å². The van der Waals surface area contributed by atoms with Crippen LogP contribution in [0.15, 0.2) is 0 Å². The third-order valence-corrected chi connectivity index (χ3v) is 2.71. The van der Waals surface area contributed by atoms with E-state index in [2.05, 4.69) is 13.8 Å². The smallest absolute Gasteiger partial charge is 0.0745 e. The van der Waals surface area contributed by atoms with Crippen molar-refractivity contribution in [2.24, 2.45) is 11.8 Å². The van der Waals surface area contributed by atoms with E-state index in [-0.39, 0.29) is 6.10 Å². The standard InChI is InChI=1S/C11H22O2/c1-8-4-9(2)6-11(5-8)13-7-10(3)12/h8-12H,4-7H2,1-3H3/t8?,9?,10-,11?/m0/s1. The van der Waals surface area contributed by atoms with Gasteiger partial charge in [0, 0.05) is 0 Å². The first-order valence-corrected chi connectivity index (χ1v) is 5.37. The molecule has 0 heterocycles. The van der Waals surface area contributed by atoms with Crippen LogP contribution in [-0.4, -0.2) is 23.9 Å². The van der Waals surface area contributed by atoms with Gasteiger partial charge in [-0.2, -0.15) is 0 Å². The van der Waals surface area contributed by atoms with E-state index in [4.69, 9.17) is 9.84 Å². The molecule has 2 nitrogen and oxygen atoms in total. The van der Waals surface area contributed by atoms with Gasteiger partial charge in [-0.05, 0) is 38.0 Å². The minimum Gasteiger partial charge on any atom is -0.391 e. The van der Waals surface area contributed by atoms with Crippen molar-refractivity contribution in [3.63, 3.8) is 0 Å². The molecule has 0 bridgehead atoms. The van der Waals surface area contributed by atoms with Gasteiger partial charge < -0.3 is 9.84 Å². The van der Waals surface area contributed by atoms with Crippen molar-refractivity contribution in [1.29, 1.82) is 0 Å². The summed E-state index contributed by atoms with van der Waals surface area (Å²) in [6.07, 6.45) is 3.71. The third kappa shape index (κ3) is 4.10. The second-order valence-corrected chi connectivity index (χ2v) is 4.72. The molecule has 1 aliphatic rings. The monoisotopic (exact) mass is 186 g/mol. The molecule has 1 N–H and O–H groups in total. The van der Waals surface area contributed by atoms with Crippen molar-refractivity contribution in [2.45, 2.75) is 52.2 Å². The van der Waals surface area contributed by atoms with Gasteiger partial charge in [0.1, 0.15) is 0 Å². The molecular formula is C11H22O2. The average molecular weight is 186 g/mol. The highest BCUT2D eigenvalue weighted by molar-refractivity contribution is 4.75. The Kier molecular flexibility index (Phi) is 4.20. The van der Waals surface area contributed by atoms with E-state index in [0.29, 0.717) is 12.7 Å². The molecule has 1 aliphatic carbocycles. The van der Waals surface area contributed by atoms with Crippen LogP contribution in [0.5, 0.6) is 0 Å². The van der Waals surface area contributed by atoms with Gasteiger partial charge in [-0.3, -0.25) is 0 Å². The zero-order chi connectivity index (χ0) is 9.84. The SMILES string of the molecule is CC1CC(C)CC(OC[C@H](C)O)C1. The lowest BCUT2D eigenvalue weighted by Gasteiger charge is -2.31. The highest BCUT2D eigenvalue weighted by atomic mass is 16.5. The fourth-order valence-corrected chi connectivity index (χ4v) is 2.28. The summed E-state index contributed by atoms with van der Waals surface area (Å²) in [6, 6.07) is 0. The number of hydrogen-bond donors (Lipinski definition) is 1. The summed E-state index contributed by atoms with van der Waals surface area (Å²) in [5.74, 6) is 1.56. The maximum atomic E-state index is 9.09. The number of aliphatic hydroxyl groups excluding tert-OH is 1. The molecule has 0 aliphatic heterocycles. The zero-order valence-corrected chi connectivity index (χ0v) is 8.99. The Morgan fingerprint density at radius 2 is 1.77 bits per heavy atom. The van der Waals surface area contributed by atoms with E-state index < -0.39 is 0 Å². The molecule has 0 saturated heterocycles. The predicted octanol–water partition coefficient (Wildman–Crippen LogP) is 2.21. The van der Waals surface area contributed by atoms with Crippen LogP contribution in [0.3, 0.4) is 0 Å². The summed E-state index contributed by atoms with van der Waals surface area (Å²) in [7, 11) is 0. The van der Waals surface area contributed by atoms with E-state index >= 15 is 0 Å². The highest BCUT2D eigenvalue weighted by Crippen LogP contribution is 2.30. The third-order valence-electron chi connectivity index (χ3n) is 2.71. The number of hydrogen-bond acceptors (Lipinski definition) is 2. The number of ether oxygens (including phenoxy) is 1. The minimum atomic E-state index is -0.326. The average Bonchev–Trinajstić information content (AvgIpc) is 1.99. The van der Waals surface area contributed by atoms with Gasteiger partial charge >= 0.3 is 0 Å². The Hall–Kier alpha value is -0.0800. The first-order valence-electron chi connectivity index (χ1n) is 5.37. The van der Waals surface area contributed by atoms with Gasteiger partial charge in [-0.15, -0.1) is 0 Å². The number of aliphatic hydroxyl groups is 1. The molecule has 1 saturated carbocycles. The summed E-state index contributed by atoms with van der Waals surface area (Å²) in [5.41, 5.74) is 0. The second-order valence-electron chi connectivity index (χ2n) is 4.72. The Morgan fingerprint density at radius 3 is 2.23 bits per heavy atom. The summed E-state index contributed by atoms with van der Waals surface area (Å²) in [6.45, 7) is 6.84. The van der Waals surface area contributed by atoms with Crippen LogP contribution in [0.1, 0.15) is 40.0 Å². The van der Waals surface area contributed by atoms with Gasteiger partial charge in [-0.25, -0.2) is 0 Å². The van der Waals surface area contributed by atoms with Crippen LogP contribution >= 0.6 is 0 Å². The van der Waals surface area contributed by atoms with Crippen molar-refractivity contribution in [1.82, 2.24) is 0 Å². The van der Waals surface area contributed by atoms with Gasteiger partial charge in [-0.1, -0.05) is 13.8 Å². The molecule has 0 aromatic heterocycles. The molecule has 1 fully saturated rings. The topological polar surface area (TPSA) is 29.5 Å². The van der Waals surface area contributed by atoms with Gasteiger partial charge in [0.2, 0.25) is 0 Å². The van der Waals surface area contributed by atoms with Gasteiger partial charge in [0.25, 0.3) is 0 Å². The fourth-order valence-electron chi connectivity index (χ4n) is 2.28. The first-order chi connectivity index (χ1) is 6.08. The maximum absolute atomic E-state index is 9.09. The van der Waals surface area contributed by atoms with Crippen LogP contribution in [0, 0.1) is 11.8 Å². The Balaban J connectivity index is 2.25. The van der Waals surface area contributed by atoms with Crippen molar-refractivity contribution in [3.8, 4) is 0 Å². The normalized spacial score (nSPS) is 37.4. The Labute approximate surface area is 81.3 Å². The van der Waals surface area contributed by atoms with Crippen molar-refractivity contribution in [3.05, 3.63) is 0 Å². The first kappa shape index (κ1) is 11.0. The molecule has 2 heteroatoms. The molecule has 1 rings (SSSR count). The largest absolute Gasteiger partial charge is 0.391 e. The quantitative estimate of drug-likeness (QED) is 0.732. The van der Waals surface area contributed by atoms with Gasteiger partial charge in [0.15, 0.2) is 0 Å². The summed E-state index contributed by atoms with van der Waals surface area (Å²) in [4.78, 5) is 0. The summed E-state index contributed by atoms with van der Waals surface area (Å²) in [5, 5.41) is 9.09. The van der Waals surface area contributed by atoms with Crippen LogP contribution in [0.25, 0.3) is 0 Å². The molecular weight excluding hydrogens is 164 g/mol. The molecule has 2 unspecified atom stereocenters. The van der Waals surface area contributed by atoms with E-state index in [1.807, 2.05) is 0 Å². The van der Waals surface area contributed by atoms with Crippen LogP contribution in [-0.2, 0) is 4.74 Å². The van der Waals surface area contributed by atoms with E-state index in [0.717, 1.165) is 24.7 Å². The number of rotatable bonds is 3. The zero-order valence-electron chi connectivity index (χ0n) is 8.99. The second kappa shape index (κ2) is 4.97. The van der Waals surface area contributed by atoms with Gasteiger partial charge in [0.05, 0.1) is 18.8 Å². The minimum absolute atomic E-state index is 0.326. The molecule has 78 valence electrons. The lowest BCUT2D eigenvalue weighted by Crippen LogP contribution is -2.28. The fraction of sp³-hybridized carbons (Fsp3) is 1.00. The molecule has 3 atom stereocenters. The molecule has 0 aromatic carbocycles. The summed E-state index contributed by atoms with van der Waals surface area (Å²) >= 11 is 0. The van der Waals surface area contributed by atoms with Crippen LogP contribution in [0.4, 0.5) is 0 Å². The molecule has 0 amide bonds. The highest BCUT2D eigenvalue weighted by Gasteiger charge is 2.24. The van der Waals surface area contributed by atoms with Crippen molar-refractivity contribution in [2.75, 3.05) is 6.61 Å².